The van der Waals surface area contributed by atoms with Crippen LogP contribution in [-0.4, -0.2) is 38.6 Å². The van der Waals surface area contributed by atoms with Gasteiger partial charge in [0.05, 0.1) is 12.7 Å². The molecule has 8 heteroatoms. The van der Waals surface area contributed by atoms with Crippen molar-refractivity contribution in [3.05, 3.63) is 36.2 Å². The van der Waals surface area contributed by atoms with Gasteiger partial charge in [-0.15, -0.1) is 5.10 Å². The third kappa shape index (κ3) is 4.30. The molecule has 0 aliphatic carbocycles. The van der Waals surface area contributed by atoms with Crippen LogP contribution in [0.15, 0.2) is 30.5 Å². The number of hydrogen-bond donors (Lipinski definition) is 2. The molecule has 0 atom stereocenters. The van der Waals surface area contributed by atoms with Gasteiger partial charge < -0.3 is 15.2 Å². The molecule has 2 aromatic rings. The number of rotatable bonds is 6. The Labute approximate surface area is 120 Å². The molecule has 0 bridgehead atoms. The lowest BCUT2D eigenvalue weighted by atomic mass is 10.3. The first-order chi connectivity index (χ1) is 10.0. The molecule has 0 saturated carbocycles. The van der Waals surface area contributed by atoms with Gasteiger partial charge in [-0.25, -0.2) is 9.48 Å². The Morgan fingerprint density at radius 3 is 2.90 bits per heavy atom. The van der Waals surface area contributed by atoms with E-state index in [9.17, 15) is 9.59 Å². The minimum atomic E-state index is -1.12. The van der Waals surface area contributed by atoms with Gasteiger partial charge in [0.1, 0.15) is 12.4 Å². The first-order valence-electron chi connectivity index (χ1n) is 6.18. The zero-order valence-corrected chi connectivity index (χ0v) is 11.3. The molecule has 0 spiro atoms. The maximum atomic E-state index is 11.0. The fourth-order valence-electron chi connectivity index (χ4n) is 1.63. The number of carboxylic acids is 1. The summed E-state index contributed by atoms with van der Waals surface area (Å²) in [5.74, 6) is -0.680. The van der Waals surface area contributed by atoms with Gasteiger partial charge >= 0.3 is 5.97 Å². The highest BCUT2D eigenvalue weighted by atomic mass is 16.5. The highest BCUT2D eigenvalue weighted by molar-refractivity contribution is 5.88. The number of ether oxygens (including phenoxy) is 1. The van der Waals surface area contributed by atoms with E-state index in [0.29, 0.717) is 24.6 Å². The molecule has 0 fully saturated rings. The van der Waals surface area contributed by atoms with Gasteiger partial charge in [0.2, 0.25) is 5.91 Å². The zero-order chi connectivity index (χ0) is 15.2. The van der Waals surface area contributed by atoms with Gasteiger partial charge in [0, 0.05) is 18.7 Å². The molecule has 110 valence electrons. The first-order valence-corrected chi connectivity index (χ1v) is 6.18. The minimum Gasteiger partial charge on any atom is -0.492 e. The van der Waals surface area contributed by atoms with E-state index in [0.717, 1.165) is 0 Å². The maximum absolute atomic E-state index is 11.0. The van der Waals surface area contributed by atoms with Crippen LogP contribution in [0.5, 0.6) is 5.75 Å². The highest BCUT2D eigenvalue weighted by Gasteiger charge is 2.07. The molecule has 21 heavy (non-hydrogen) atoms. The summed E-state index contributed by atoms with van der Waals surface area (Å²) >= 11 is 0. The number of carbonyl (C=O) groups is 2. The topological polar surface area (TPSA) is 106 Å². The van der Waals surface area contributed by atoms with Crippen molar-refractivity contribution in [1.82, 2.24) is 15.0 Å². The van der Waals surface area contributed by atoms with Gasteiger partial charge in [0.15, 0.2) is 5.69 Å². The van der Waals surface area contributed by atoms with E-state index in [4.69, 9.17) is 9.84 Å². The lowest BCUT2D eigenvalue weighted by Crippen LogP contribution is -2.09. The van der Waals surface area contributed by atoms with Crippen LogP contribution in [0.25, 0.3) is 0 Å². The highest BCUT2D eigenvalue weighted by Crippen LogP contribution is 2.17. The molecule has 1 amide bonds. The molecule has 8 nitrogen and oxygen atoms in total. The second kappa shape index (κ2) is 6.51. The van der Waals surface area contributed by atoms with Crippen LogP contribution in [0.3, 0.4) is 0 Å². The standard InChI is InChI=1S/C13H14N4O4/c1-9(18)14-10-3-2-4-11(7-10)21-6-5-17-8-12(13(19)20)15-16-17/h2-4,7-8H,5-6H2,1H3,(H,14,18)(H,19,20). The van der Waals surface area contributed by atoms with Gasteiger partial charge in [-0.3, -0.25) is 4.79 Å². The summed E-state index contributed by atoms with van der Waals surface area (Å²) in [6.07, 6.45) is 1.33. The second-order valence-corrected chi connectivity index (χ2v) is 4.23. The van der Waals surface area contributed by atoms with Gasteiger partial charge in [-0.05, 0) is 12.1 Å². The lowest BCUT2D eigenvalue weighted by Gasteiger charge is -2.08. The largest absolute Gasteiger partial charge is 0.492 e. The number of carboxylic acid groups (broad SMARTS) is 1. The monoisotopic (exact) mass is 290 g/mol. The molecule has 0 radical (unpaired) electrons. The van der Waals surface area contributed by atoms with Crippen LogP contribution in [0.1, 0.15) is 17.4 Å². The minimum absolute atomic E-state index is 0.109. The first kappa shape index (κ1) is 14.5. The Hall–Kier alpha value is -2.90. The van der Waals surface area contributed by atoms with E-state index in [1.807, 2.05) is 0 Å². The van der Waals surface area contributed by atoms with E-state index in [-0.39, 0.29) is 11.6 Å². The number of amides is 1. The Kier molecular flexibility index (Phi) is 4.50. The molecule has 1 aromatic carbocycles. The molecule has 2 rings (SSSR count). The van der Waals surface area contributed by atoms with Gasteiger partial charge in [0.25, 0.3) is 0 Å². The molecule has 0 aliphatic heterocycles. The summed E-state index contributed by atoms with van der Waals surface area (Å²) in [7, 11) is 0. The number of nitrogens with one attached hydrogen (secondary N) is 1. The molecular formula is C13H14N4O4. The average molecular weight is 290 g/mol. The van der Waals surface area contributed by atoms with Crippen LogP contribution in [0, 0.1) is 0 Å². The molecule has 0 saturated heterocycles. The molecule has 0 aliphatic rings. The number of aromatic carboxylic acids is 1. The van der Waals surface area contributed by atoms with Crippen LogP contribution in [0.2, 0.25) is 0 Å². The van der Waals surface area contributed by atoms with Crippen molar-refractivity contribution >= 4 is 17.6 Å². The van der Waals surface area contributed by atoms with Crippen molar-refractivity contribution in [1.29, 1.82) is 0 Å². The smallest absolute Gasteiger partial charge is 0.358 e. The summed E-state index contributed by atoms with van der Waals surface area (Å²) in [4.78, 5) is 21.6. The maximum Gasteiger partial charge on any atom is 0.358 e. The van der Waals surface area contributed by atoms with E-state index in [1.54, 1.807) is 24.3 Å². The van der Waals surface area contributed by atoms with Crippen LogP contribution >= 0.6 is 0 Å². The van der Waals surface area contributed by atoms with Crippen LogP contribution in [0.4, 0.5) is 5.69 Å². The third-order valence-electron chi connectivity index (χ3n) is 2.50. The van der Waals surface area contributed by atoms with Crippen LogP contribution in [-0.2, 0) is 11.3 Å². The van der Waals surface area contributed by atoms with E-state index in [2.05, 4.69) is 15.6 Å². The Morgan fingerprint density at radius 2 is 2.24 bits per heavy atom. The average Bonchev–Trinajstić information content (AvgIpc) is 2.87. The van der Waals surface area contributed by atoms with E-state index >= 15 is 0 Å². The quantitative estimate of drug-likeness (QED) is 0.822. The lowest BCUT2D eigenvalue weighted by molar-refractivity contribution is -0.114. The molecule has 1 aromatic heterocycles. The van der Waals surface area contributed by atoms with Crippen LogP contribution < -0.4 is 10.1 Å². The molecular weight excluding hydrogens is 276 g/mol. The third-order valence-corrected chi connectivity index (χ3v) is 2.50. The number of hydrogen-bond acceptors (Lipinski definition) is 5. The van der Waals surface area contributed by atoms with Crippen molar-refractivity contribution in [2.45, 2.75) is 13.5 Å². The number of carbonyl (C=O) groups excluding carboxylic acids is 1. The van der Waals surface area contributed by atoms with Crippen molar-refractivity contribution in [2.24, 2.45) is 0 Å². The van der Waals surface area contributed by atoms with Crippen molar-refractivity contribution < 1.29 is 19.4 Å². The summed E-state index contributed by atoms with van der Waals surface area (Å²) in [5, 5.41) is 18.6. The van der Waals surface area contributed by atoms with Crippen molar-refractivity contribution in [2.75, 3.05) is 11.9 Å². The fraction of sp³-hybridized carbons (Fsp3) is 0.231. The van der Waals surface area contributed by atoms with Gasteiger partial charge in [-0.1, -0.05) is 11.3 Å². The summed E-state index contributed by atoms with van der Waals surface area (Å²) in [6.45, 7) is 2.09. The Bertz CT molecular complexity index is 653. The number of benzene rings is 1. The SMILES string of the molecule is CC(=O)Nc1cccc(OCCn2cc(C(=O)O)nn2)c1. The predicted octanol–water partition coefficient (Wildman–Crippen LogP) is 1.01. The molecule has 0 unspecified atom stereocenters. The van der Waals surface area contributed by atoms with E-state index < -0.39 is 5.97 Å². The normalized spacial score (nSPS) is 10.1. The zero-order valence-electron chi connectivity index (χ0n) is 11.3. The van der Waals surface area contributed by atoms with Gasteiger partial charge in [-0.2, -0.15) is 0 Å². The van der Waals surface area contributed by atoms with Crippen molar-refractivity contribution in [3.63, 3.8) is 0 Å². The number of nitrogens with zero attached hydrogens (tertiary/aromatic N) is 3. The Morgan fingerprint density at radius 1 is 1.43 bits per heavy atom. The van der Waals surface area contributed by atoms with Crippen molar-refractivity contribution in [3.8, 4) is 5.75 Å². The van der Waals surface area contributed by atoms with E-state index in [1.165, 1.54) is 17.8 Å². The number of aromatic nitrogens is 3. The molecule has 1 heterocycles. The Balaban J connectivity index is 1.87. The second-order valence-electron chi connectivity index (χ2n) is 4.23. The number of anilines is 1. The molecule has 2 N–H and O–H groups in total. The summed E-state index contributed by atoms with van der Waals surface area (Å²) in [6, 6.07) is 6.98. The predicted molar refractivity (Wildman–Crippen MR) is 73.2 cm³/mol. The fourth-order valence-corrected chi connectivity index (χ4v) is 1.63. The summed E-state index contributed by atoms with van der Waals surface area (Å²) in [5.41, 5.74) is 0.538. The summed E-state index contributed by atoms with van der Waals surface area (Å²) < 4.78 is 6.90.